The second kappa shape index (κ2) is 9.51. The van der Waals surface area contributed by atoms with E-state index in [0.717, 1.165) is 31.2 Å². The highest BCUT2D eigenvalue weighted by atomic mass is 35.5. The van der Waals surface area contributed by atoms with Crippen LogP contribution < -0.4 is 10.6 Å². The van der Waals surface area contributed by atoms with Crippen LogP contribution in [0, 0.1) is 0 Å². The Labute approximate surface area is 164 Å². The van der Waals surface area contributed by atoms with Crippen molar-refractivity contribution < 1.29 is 9.59 Å². The highest BCUT2D eigenvalue weighted by Crippen LogP contribution is 2.18. The third kappa shape index (κ3) is 5.79. The van der Waals surface area contributed by atoms with E-state index < -0.39 is 0 Å². The molecule has 1 heterocycles. The average molecular weight is 386 g/mol. The van der Waals surface area contributed by atoms with Gasteiger partial charge in [0.2, 0.25) is 0 Å². The van der Waals surface area contributed by atoms with E-state index in [1.54, 1.807) is 12.1 Å². The van der Waals surface area contributed by atoms with Crippen LogP contribution >= 0.6 is 11.6 Å². The Hall–Kier alpha value is -2.40. The molecule has 142 valence electrons. The van der Waals surface area contributed by atoms with Gasteiger partial charge in [-0.3, -0.25) is 14.6 Å². The number of amides is 2. The van der Waals surface area contributed by atoms with Gasteiger partial charge in [-0.05, 0) is 49.1 Å². The summed E-state index contributed by atoms with van der Waals surface area (Å²) in [5, 5.41) is 6.58. The molecule has 6 heteroatoms. The van der Waals surface area contributed by atoms with E-state index >= 15 is 0 Å². The van der Waals surface area contributed by atoms with Crippen LogP contribution in [0.3, 0.4) is 0 Å². The maximum Gasteiger partial charge on any atom is 0.269 e. The highest BCUT2D eigenvalue weighted by molar-refractivity contribution is 6.30. The molecule has 0 unspecified atom stereocenters. The number of rotatable bonds is 6. The van der Waals surface area contributed by atoms with Gasteiger partial charge in [0.25, 0.3) is 11.8 Å². The van der Waals surface area contributed by atoms with E-state index in [1.165, 1.54) is 12.6 Å². The van der Waals surface area contributed by atoms with Gasteiger partial charge in [0.15, 0.2) is 0 Å². The van der Waals surface area contributed by atoms with Gasteiger partial charge in [-0.25, -0.2) is 0 Å². The number of pyridine rings is 1. The Morgan fingerprint density at radius 1 is 1.07 bits per heavy atom. The van der Waals surface area contributed by atoms with Crippen molar-refractivity contribution in [2.75, 3.05) is 6.54 Å². The standard InChI is InChI=1S/C21H24ClN3O2/c22-17-6-4-5-15(13-17)9-11-24-21(27)19-14-16(10-12-23-19)20(26)25-18-7-2-1-3-8-18/h4-6,10,12-14,18H,1-3,7-9,11H2,(H,24,27)(H,25,26). The predicted molar refractivity (Wildman–Crippen MR) is 106 cm³/mol. The van der Waals surface area contributed by atoms with Crippen molar-refractivity contribution in [1.82, 2.24) is 15.6 Å². The molecule has 1 fully saturated rings. The average Bonchev–Trinajstić information content (AvgIpc) is 2.69. The van der Waals surface area contributed by atoms with Gasteiger partial charge in [-0.2, -0.15) is 0 Å². The number of nitrogens with zero attached hydrogens (tertiary/aromatic N) is 1. The Kier molecular flexibility index (Phi) is 6.82. The molecule has 0 radical (unpaired) electrons. The lowest BCUT2D eigenvalue weighted by Gasteiger charge is -2.22. The minimum atomic E-state index is -0.288. The number of halogens is 1. The highest BCUT2D eigenvalue weighted by Gasteiger charge is 2.17. The van der Waals surface area contributed by atoms with Crippen molar-refractivity contribution in [3.05, 3.63) is 64.4 Å². The normalized spacial score (nSPS) is 14.6. The van der Waals surface area contributed by atoms with Gasteiger partial charge in [0.05, 0.1) is 0 Å². The first-order valence-electron chi connectivity index (χ1n) is 9.41. The summed E-state index contributed by atoms with van der Waals surface area (Å²) in [5.74, 6) is -0.429. The molecule has 1 saturated carbocycles. The molecule has 2 N–H and O–H groups in total. The number of hydrogen-bond acceptors (Lipinski definition) is 3. The molecular formula is C21H24ClN3O2. The molecule has 27 heavy (non-hydrogen) atoms. The molecule has 0 aliphatic heterocycles. The first-order chi connectivity index (χ1) is 13.1. The van der Waals surface area contributed by atoms with Gasteiger partial charge in [-0.15, -0.1) is 0 Å². The maximum absolute atomic E-state index is 12.4. The Morgan fingerprint density at radius 2 is 1.89 bits per heavy atom. The van der Waals surface area contributed by atoms with Crippen LogP contribution in [-0.4, -0.2) is 29.4 Å². The molecule has 0 atom stereocenters. The number of nitrogens with one attached hydrogen (secondary N) is 2. The maximum atomic E-state index is 12.4. The van der Waals surface area contributed by atoms with E-state index in [4.69, 9.17) is 11.6 Å². The van der Waals surface area contributed by atoms with Crippen molar-refractivity contribution in [3.63, 3.8) is 0 Å². The van der Waals surface area contributed by atoms with Gasteiger partial charge in [-0.1, -0.05) is 43.0 Å². The SMILES string of the molecule is O=C(NC1CCCCC1)c1ccnc(C(=O)NCCc2cccc(Cl)c2)c1. The van der Waals surface area contributed by atoms with E-state index in [-0.39, 0.29) is 23.6 Å². The molecule has 1 aliphatic carbocycles. The van der Waals surface area contributed by atoms with Crippen molar-refractivity contribution in [1.29, 1.82) is 0 Å². The lowest BCUT2D eigenvalue weighted by molar-refractivity contribution is 0.0927. The Morgan fingerprint density at radius 3 is 2.67 bits per heavy atom. The summed E-state index contributed by atoms with van der Waals surface area (Å²) in [6.45, 7) is 0.472. The van der Waals surface area contributed by atoms with E-state index in [9.17, 15) is 9.59 Å². The summed E-state index contributed by atoms with van der Waals surface area (Å²) in [6.07, 6.45) is 7.77. The summed E-state index contributed by atoms with van der Waals surface area (Å²) in [5.41, 5.74) is 1.77. The summed E-state index contributed by atoms with van der Waals surface area (Å²) >= 11 is 5.96. The second-order valence-corrected chi connectivity index (χ2v) is 7.31. The lowest BCUT2D eigenvalue weighted by Crippen LogP contribution is -2.36. The Balaban J connectivity index is 1.54. The molecule has 0 bridgehead atoms. The fourth-order valence-corrected chi connectivity index (χ4v) is 3.53. The summed E-state index contributed by atoms with van der Waals surface area (Å²) in [4.78, 5) is 28.9. The van der Waals surface area contributed by atoms with Crippen LogP contribution in [0.5, 0.6) is 0 Å². The van der Waals surface area contributed by atoms with Gasteiger partial charge in [0, 0.05) is 29.4 Å². The van der Waals surface area contributed by atoms with Gasteiger partial charge < -0.3 is 10.6 Å². The van der Waals surface area contributed by atoms with Crippen LogP contribution in [0.4, 0.5) is 0 Å². The van der Waals surface area contributed by atoms with Crippen LogP contribution in [0.15, 0.2) is 42.6 Å². The molecule has 1 aliphatic rings. The summed E-state index contributed by atoms with van der Waals surface area (Å²) < 4.78 is 0. The third-order valence-electron chi connectivity index (χ3n) is 4.78. The number of carbonyl (C=O) groups excluding carboxylic acids is 2. The van der Waals surface area contributed by atoms with E-state index in [1.807, 2.05) is 24.3 Å². The van der Waals surface area contributed by atoms with Crippen LogP contribution in [0.1, 0.15) is 58.5 Å². The summed E-state index contributed by atoms with van der Waals surface area (Å²) in [6, 6.07) is 11.0. The fraction of sp³-hybridized carbons (Fsp3) is 0.381. The fourth-order valence-electron chi connectivity index (χ4n) is 3.32. The molecule has 1 aromatic heterocycles. The largest absolute Gasteiger partial charge is 0.350 e. The molecular weight excluding hydrogens is 362 g/mol. The van der Waals surface area contributed by atoms with Crippen LogP contribution in [0.25, 0.3) is 0 Å². The molecule has 2 amide bonds. The molecule has 5 nitrogen and oxygen atoms in total. The predicted octanol–water partition coefficient (Wildman–Crippen LogP) is 3.77. The first kappa shape index (κ1) is 19.4. The molecule has 1 aromatic carbocycles. The van der Waals surface area contributed by atoms with Crippen molar-refractivity contribution in [3.8, 4) is 0 Å². The Bertz CT molecular complexity index is 804. The van der Waals surface area contributed by atoms with Crippen molar-refractivity contribution >= 4 is 23.4 Å². The minimum absolute atomic E-state index is 0.141. The zero-order valence-corrected chi connectivity index (χ0v) is 16.0. The minimum Gasteiger partial charge on any atom is -0.350 e. The second-order valence-electron chi connectivity index (χ2n) is 6.87. The first-order valence-corrected chi connectivity index (χ1v) is 9.79. The number of carbonyl (C=O) groups is 2. The van der Waals surface area contributed by atoms with Gasteiger partial charge >= 0.3 is 0 Å². The summed E-state index contributed by atoms with van der Waals surface area (Å²) in [7, 11) is 0. The molecule has 0 saturated heterocycles. The van der Waals surface area contributed by atoms with E-state index in [0.29, 0.717) is 23.6 Å². The van der Waals surface area contributed by atoms with Crippen LogP contribution in [-0.2, 0) is 6.42 Å². The third-order valence-corrected chi connectivity index (χ3v) is 5.02. The zero-order chi connectivity index (χ0) is 19.1. The van der Waals surface area contributed by atoms with E-state index in [2.05, 4.69) is 15.6 Å². The smallest absolute Gasteiger partial charge is 0.269 e. The number of benzene rings is 1. The molecule has 3 rings (SSSR count). The number of hydrogen-bond donors (Lipinski definition) is 2. The topological polar surface area (TPSA) is 71.1 Å². The molecule has 2 aromatic rings. The van der Waals surface area contributed by atoms with Crippen molar-refractivity contribution in [2.24, 2.45) is 0 Å². The van der Waals surface area contributed by atoms with Crippen LogP contribution in [0.2, 0.25) is 5.02 Å². The monoisotopic (exact) mass is 385 g/mol. The quantitative estimate of drug-likeness (QED) is 0.795. The number of aromatic nitrogens is 1. The molecule has 0 spiro atoms. The zero-order valence-electron chi connectivity index (χ0n) is 15.2. The van der Waals surface area contributed by atoms with Gasteiger partial charge in [0.1, 0.15) is 5.69 Å². The van der Waals surface area contributed by atoms with Crippen molar-refractivity contribution in [2.45, 2.75) is 44.6 Å². The lowest BCUT2D eigenvalue weighted by atomic mass is 9.95.